The molecule has 0 amide bonds. The topological polar surface area (TPSA) is 70.1 Å². The molecule has 1 saturated heterocycles. The van der Waals surface area contributed by atoms with Crippen molar-refractivity contribution in [3.63, 3.8) is 0 Å². The molecule has 1 fully saturated rings. The maximum absolute atomic E-state index is 13.3. The van der Waals surface area contributed by atoms with E-state index in [9.17, 15) is 4.79 Å². The van der Waals surface area contributed by atoms with Crippen LogP contribution in [0.3, 0.4) is 0 Å². The lowest BCUT2D eigenvalue weighted by Crippen LogP contribution is -2.40. The smallest absolute Gasteiger partial charge is 0.328 e. The first kappa shape index (κ1) is 23.3. The summed E-state index contributed by atoms with van der Waals surface area (Å²) in [6.07, 6.45) is 3.67. The summed E-state index contributed by atoms with van der Waals surface area (Å²) in [7, 11) is 0. The number of aromatic amines is 1. The predicted molar refractivity (Wildman–Crippen MR) is 140 cm³/mol. The number of hydrogen-bond acceptors (Lipinski definition) is 5. The summed E-state index contributed by atoms with van der Waals surface area (Å²) in [5.41, 5.74) is 3.69. The molecule has 5 rings (SSSR count). The van der Waals surface area contributed by atoms with Crippen LogP contribution in [0.1, 0.15) is 43.9 Å². The van der Waals surface area contributed by atoms with Crippen molar-refractivity contribution >= 4 is 17.0 Å². The van der Waals surface area contributed by atoms with Crippen molar-refractivity contribution in [2.75, 3.05) is 24.5 Å². The van der Waals surface area contributed by atoms with Crippen molar-refractivity contribution in [1.29, 1.82) is 0 Å². The molecule has 1 aliphatic rings. The monoisotopic (exact) mass is 470 g/mol. The Labute approximate surface area is 206 Å². The van der Waals surface area contributed by atoms with Crippen LogP contribution in [0.5, 0.6) is 0 Å². The summed E-state index contributed by atoms with van der Waals surface area (Å²) in [5.74, 6) is 1.36. The van der Waals surface area contributed by atoms with E-state index in [0.717, 1.165) is 38.3 Å². The van der Waals surface area contributed by atoms with Gasteiger partial charge in [0.25, 0.3) is 0 Å². The van der Waals surface area contributed by atoms with Crippen LogP contribution in [0.4, 0.5) is 5.82 Å². The molecular formula is C28H34N6O. The molecule has 182 valence electrons. The molecule has 1 aliphatic heterocycles. The Morgan fingerprint density at radius 1 is 1.00 bits per heavy atom. The third-order valence-corrected chi connectivity index (χ3v) is 6.69. The quantitative estimate of drug-likeness (QED) is 0.407. The number of hydrogen-bond donors (Lipinski definition) is 1. The fraction of sp³-hybridized carbons (Fsp3) is 0.393. The maximum atomic E-state index is 13.3. The molecule has 0 spiro atoms. The van der Waals surface area contributed by atoms with Crippen LogP contribution in [-0.2, 0) is 13.1 Å². The highest BCUT2D eigenvalue weighted by molar-refractivity contribution is 5.83. The number of imidazole rings is 1. The van der Waals surface area contributed by atoms with Gasteiger partial charge < -0.3 is 14.8 Å². The van der Waals surface area contributed by atoms with E-state index in [1.54, 1.807) is 6.33 Å². The van der Waals surface area contributed by atoms with E-state index in [0.29, 0.717) is 30.2 Å². The normalized spacial score (nSPS) is 16.7. The SMILES string of the molecule is CC(C)CN1CCC[C@@H](n2c(=O)[nH]c3c(N(Cc4ccccc4)Cc4ccccc4)ncnc32)C1. The number of likely N-dealkylation sites (tertiary alicyclic amines) is 1. The van der Waals surface area contributed by atoms with Crippen LogP contribution < -0.4 is 10.6 Å². The number of nitrogens with zero attached hydrogens (tertiary/aromatic N) is 5. The zero-order valence-electron chi connectivity index (χ0n) is 20.6. The Kier molecular flexibility index (Phi) is 6.95. The highest BCUT2D eigenvalue weighted by atomic mass is 16.1. The minimum Gasteiger partial charge on any atom is -0.346 e. The van der Waals surface area contributed by atoms with Crippen molar-refractivity contribution in [3.05, 3.63) is 88.6 Å². The molecule has 4 aromatic rings. The Hall–Kier alpha value is -3.45. The highest BCUT2D eigenvalue weighted by Crippen LogP contribution is 2.28. The number of aromatic nitrogens is 4. The number of benzene rings is 2. The molecule has 7 nitrogen and oxygen atoms in total. The second kappa shape index (κ2) is 10.4. The zero-order valence-corrected chi connectivity index (χ0v) is 20.6. The molecule has 2 aromatic carbocycles. The third kappa shape index (κ3) is 5.30. The Balaban J connectivity index is 1.52. The highest BCUT2D eigenvalue weighted by Gasteiger charge is 2.27. The van der Waals surface area contributed by atoms with Crippen LogP contribution in [0.2, 0.25) is 0 Å². The molecule has 0 aliphatic carbocycles. The lowest BCUT2D eigenvalue weighted by molar-refractivity contribution is 0.161. The van der Waals surface area contributed by atoms with Gasteiger partial charge in [0.15, 0.2) is 11.5 Å². The van der Waals surface area contributed by atoms with Gasteiger partial charge in [-0.1, -0.05) is 74.5 Å². The fourth-order valence-corrected chi connectivity index (χ4v) is 5.24. The summed E-state index contributed by atoms with van der Waals surface area (Å²) < 4.78 is 1.87. The summed E-state index contributed by atoms with van der Waals surface area (Å²) >= 11 is 0. The average Bonchev–Trinajstić information content (AvgIpc) is 3.20. The maximum Gasteiger partial charge on any atom is 0.328 e. The van der Waals surface area contributed by atoms with Crippen LogP contribution in [-0.4, -0.2) is 44.1 Å². The molecule has 35 heavy (non-hydrogen) atoms. The van der Waals surface area contributed by atoms with Gasteiger partial charge in [0, 0.05) is 26.2 Å². The van der Waals surface area contributed by atoms with Crippen LogP contribution in [0.15, 0.2) is 71.8 Å². The van der Waals surface area contributed by atoms with Crippen LogP contribution >= 0.6 is 0 Å². The van der Waals surface area contributed by atoms with Gasteiger partial charge in [-0.15, -0.1) is 0 Å². The molecule has 0 saturated carbocycles. The number of rotatable bonds is 8. The molecule has 7 heteroatoms. The third-order valence-electron chi connectivity index (χ3n) is 6.69. The number of anilines is 1. The first-order valence-electron chi connectivity index (χ1n) is 12.6. The van der Waals surface area contributed by atoms with Gasteiger partial charge in [0.2, 0.25) is 0 Å². The molecule has 3 heterocycles. The Morgan fingerprint density at radius 2 is 1.66 bits per heavy atom. The molecule has 0 radical (unpaired) electrons. The second-order valence-electron chi connectivity index (χ2n) is 9.97. The summed E-state index contributed by atoms with van der Waals surface area (Å²) in [5, 5.41) is 0. The molecule has 1 atom stereocenters. The summed E-state index contributed by atoms with van der Waals surface area (Å²) in [4.78, 5) is 30.4. The molecular weight excluding hydrogens is 436 g/mol. The fourth-order valence-electron chi connectivity index (χ4n) is 5.24. The summed E-state index contributed by atoms with van der Waals surface area (Å²) in [6, 6.07) is 20.9. The number of nitrogens with one attached hydrogen (secondary N) is 1. The largest absolute Gasteiger partial charge is 0.346 e. The van der Waals surface area contributed by atoms with E-state index in [1.165, 1.54) is 11.1 Å². The first-order valence-corrected chi connectivity index (χ1v) is 12.6. The summed E-state index contributed by atoms with van der Waals surface area (Å²) in [6.45, 7) is 8.87. The second-order valence-corrected chi connectivity index (χ2v) is 9.97. The van der Waals surface area contributed by atoms with E-state index >= 15 is 0 Å². The lowest BCUT2D eigenvalue weighted by atomic mass is 10.0. The molecule has 2 aromatic heterocycles. The van der Waals surface area contributed by atoms with Gasteiger partial charge in [-0.3, -0.25) is 4.57 Å². The molecule has 0 bridgehead atoms. The molecule has 0 unspecified atom stereocenters. The lowest BCUT2D eigenvalue weighted by Gasteiger charge is -2.34. The van der Waals surface area contributed by atoms with Crippen molar-refractivity contribution in [2.24, 2.45) is 5.92 Å². The first-order chi connectivity index (χ1) is 17.1. The van der Waals surface area contributed by atoms with Crippen molar-refractivity contribution in [3.8, 4) is 0 Å². The Morgan fingerprint density at radius 3 is 2.29 bits per heavy atom. The van der Waals surface area contributed by atoms with E-state index in [1.807, 2.05) is 16.7 Å². The standard InChI is InChI=1S/C28H34N6O/c1-21(2)16-32-15-9-14-24(19-32)34-27-25(31-28(34)35)26(29-20-30-27)33(17-22-10-5-3-6-11-22)18-23-12-7-4-8-13-23/h3-8,10-13,20-21,24H,9,14-19H2,1-2H3,(H,31,35)/t24-/m1/s1. The van der Waals surface area contributed by atoms with Crippen molar-refractivity contribution in [2.45, 2.75) is 45.8 Å². The number of fused-ring (bicyclic) bond motifs is 1. The van der Waals surface area contributed by atoms with Gasteiger partial charge >= 0.3 is 5.69 Å². The van der Waals surface area contributed by atoms with Crippen molar-refractivity contribution < 1.29 is 0 Å². The minimum absolute atomic E-state index is 0.0995. The van der Waals surface area contributed by atoms with E-state index < -0.39 is 0 Å². The van der Waals surface area contributed by atoms with Crippen LogP contribution in [0.25, 0.3) is 11.2 Å². The van der Waals surface area contributed by atoms with Gasteiger partial charge in [-0.25, -0.2) is 14.8 Å². The van der Waals surface area contributed by atoms with Crippen LogP contribution in [0, 0.1) is 5.92 Å². The van der Waals surface area contributed by atoms with E-state index in [-0.39, 0.29) is 11.7 Å². The van der Waals surface area contributed by atoms with Gasteiger partial charge in [0.1, 0.15) is 11.8 Å². The predicted octanol–water partition coefficient (Wildman–Crippen LogP) is 4.62. The number of H-pyrrole nitrogens is 1. The molecule has 1 N–H and O–H groups in total. The zero-order chi connectivity index (χ0) is 24.2. The Bertz CT molecular complexity index is 1260. The van der Waals surface area contributed by atoms with Gasteiger partial charge in [0.05, 0.1) is 6.04 Å². The van der Waals surface area contributed by atoms with E-state index in [4.69, 9.17) is 0 Å². The van der Waals surface area contributed by atoms with Gasteiger partial charge in [-0.2, -0.15) is 0 Å². The van der Waals surface area contributed by atoms with E-state index in [2.05, 4.69) is 87.1 Å². The average molecular weight is 471 g/mol. The van der Waals surface area contributed by atoms with Gasteiger partial charge in [-0.05, 0) is 36.4 Å². The minimum atomic E-state index is -0.0995. The van der Waals surface area contributed by atoms with Crippen molar-refractivity contribution in [1.82, 2.24) is 24.4 Å². The number of piperidine rings is 1.